The van der Waals surface area contributed by atoms with Crippen LogP contribution in [0, 0.1) is 6.92 Å². The zero-order valence-corrected chi connectivity index (χ0v) is 18.1. The highest BCUT2D eigenvalue weighted by atomic mass is 32.1. The van der Waals surface area contributed by atoms with Crippen molar-refractivity contribution < 1.29 is 19.1 Å². The van der Waals surface area contributed by atoms with Crippen molar-refractivity contribution in [3.05, 3.63) is 39.8 Å². The van der Waals surface area contributed by atoms with Crippen molar-refractivity contribution in [1.82, 2.24) is 15.3 Å². The predicted molar refractivity (Wildman–Crippen MR) is 113 cm³/mol. The van der Waals surface area contributed by atoms with E-state index >= 15 is 0 Å². The molecule has 0 aliphatic heterocycles. The topological polar surface area (TPSA) is 93.1 Å². The first-order valence-electron chi connectivity index (χ1n) is 9.17. The number of nitrogens with zero attached hydrogens (tertiary/aromatic N) is 3. The standard InChI is InChI=1S/C20H26N4O4S/c1-6-27-17-9-15(7-8-16(17)28-14(3)20(26)24(4)5)11-21-23-18(25)10-19-22-13(2)12-29-19/h7-9,11-12,14H,6,10H2,1-5H3,(H,23,25)/b21-11-/t14-/m0/s1. The van der Waals surface area contributed by atoms with Gasteiger partial charge in [-0.2, -0.15) is 5.10 Å². The van der Waals surface area contributed by atoms with Crippen LogP contribution in [0.15, 0.2) is 28.7 Å². The third-order valence-electron chi connectivity index (χ3n) is 3.74. The Labute approximate surface area is 174 Å². The van der Waals surface area contributed by atoms with Crippen LogP contribution in [-0.2, 0) is 16.0 Å². The van der Waals surface area contributed by atoms with Gasteiger partial charge in [-0.3, -0.25) is 9.59 Å². The summed E-state index contributed by atoms with van der Waals surface area (Å²) in [6.07, 6.45) is 1.06. The maximum atomic E-state index is 12.0. The first-order chi connectivity index (χ1) is 13.8. The molecular formula is C20H26N4O4S. The summed E-state index contributed by atoms with van der Waals surface area (Å²) in [5, 5.41) is 6.63. The molecule has 0 aliphatic rings. The maximum absolute atomic E-state index is 12.0. The first-order valence-corrected chi connectivity index (χ1v) is 10.1. The Morgan fingerprint density at radius 1 is 1.34 bits per heavy atom. The number of hydrazone groups is 1. The molecule has 2 amide bonds. The van der Waals surface area contributed by atoms with Gasteiger partial charge >= 0.3 is 0 Å². The molecule has 29 heavy (non-hydrogen) atoms. The second kappa shape index (κ2) is 10.6. The number of rotatable bonds is 9. The van der Waals surface area contributed by atoms with Gasteiger partial charge in [0.15, 0.2) is 17.6 Å². The Balaban J connectivity index is 2.01. The molecule has 2 aromatic rings. The molecule has 2 rings (SSSR count). The highest BCUT2D eigenvalue weighted by molar-refractivity contribution is 7.09. The summed E-state index contributed by atoms with van der Waals surface area (Å²) >= 11 is 1.44. The van der Waals surface area contributed by atoms with Crippen molar-refractivity contribution in [2.24, 2.45) is 5.10 Å². The van der Waals surface area contributed by atoms with E-state index in [2.05, 4.69) is 15.5 Å². The van der Waals surface area contributed by atoms with Gasteiger partial charge < -0.3 is 14.4 Å². The van der Waals surface area contributed by atoms with Crippen LogP contribution in [-0.4, -0.2) is 54.7 Å². The van der Waals surface area contributed by atoms with Gasteiger partial charge in [-0.05, 0) is 44.5 Å². The fourth-order valence-electron chi connectivity index (χ4n) is 2.41. The van der Waals surface area contributed by atoms with E-state index in [1.165, 1.54) is 22.5 Å². The summed E-state index contributed by atoms with van der Waals surface area (Å²) < 4.78 is 11.4. The van der Waals surface area contributed by atoms with Crippen molar-refractivity contribution in [1.29, 1.82) is 0 Å². The number of carbonyl (C=O) groups is 2. The molecule has 1 aromatic heterocycles. The lowest BCUT2D eigenvalue weighted by Gasteiger charge is -2.20. The SMILES string of the molecule is CCOc1cc(/C=N\NC(=O)Cc2nc(C)cs2)ccc1O[C@@H](C)C(=O)N(C)C. The molecule has 0 saturated heterocycles. The summed E-state index contributed by atoms with van der Waals surface area (Å²) in [5.41, 5.74) is 4.11. The fraction of sp³-hybridized carbons (Fsp3) is 0.400. The van der Waals surface area contributed by atoms with E-state index in [4.69, 9.17) is 9.47 Å². The quantitative estimate of drug-likeness (QED) is 0.499. The number of carbonyl (C=O) groups excluding carboxylic acids is 2. The van der Waals surface area contributed by atoms with Crippen molar-refractivity contribution in [3.63, 3.8) is 0 Å². The number of likely N-dealkylation sites (N-methyl/N-ethyl adjacent to an activating group) is 1. The Bertz CT molecular complexity index is 879. The highest BCUT2D eigenvalue weighted by Gasteiger charge is 2.18. The van der Waals surface area contributed by atoms with Crippen LogP contribution in [0.3, 0.4) is 0 Å². The molecule has 0 radical (unpaired) electrons. The van der Waals surface area contributed by atoms with Crippen molar-refractivity contribution >= 4 is 29.4 Å². The van der Waals surface area contributed by atoms with Crippen molar-refractivity contribution in [3.8, 4) is 11.5 Å². The minimum absolute atomic E-state index is 0.142. The van der Waals surface area contributed by atoms with Crippen LogP contribution in [0.5, 0.6) is 11.5 Å². The van der Waals surface area contributed by atoms with E-state index in [9.17, 15) is 9.59 Å². The molecule has 0 unspecified atom stereocenters. The monoisotopic (exact) mass is 418 g/mol. The van der Waals surface area contributed by atoms with Gasteiger partial charge in [0, 0.05) is 25.2 Å². The number of aromatic nitrogens is 1. The van der Waals surface area contributed by atoms with E-state index in [1.54, 1.807) is 39.2 Å². The van der Waals surface area contributed by atoms with Crippen LogP contribution < -0.4 is 14.9 Å². The molecular weight excluding hydrogens is 392 g/mol. The smallest absolute Gasteiger partial charge is 0.262 e. The molecule has 0 bridgehead atoms. The Morgan fingerprint density at radius 3 is 2.72 bits per heavy atom. The normalized spacial score (nSPS) is 11.9. The van der Waals surface area contributed by atoms with Crippen LogP contribution in [0.1, 0.15) is 30.1 Å². The average molecular weight is 419 g/mol. The first kappa shape index (κ1) is 22.4. The van der Waals surface area contributed by atoms with Crippen LogP contribution in [0.2, 0.25) is 0 Å². The summed E-state index contributed by atoms with van der Waals surface area (Å²) in [6, 6.07) is 5.22. The predicted octanol–water partition coefficient (Wildman–Crippen LogP) is 2.40. The molecule has 0 aliphatic carbocycles. The van der Waals surface area contributed by atoms with Gasteiger partial charge in [0.25, 0.3) is 5.91 Å². The Hall–Kier alpha value is -2.94. The van der Waals surface area contributed by atoms with Gasteiger partial charge in [0.1, 0.15) is 5.01 Å². The van der Waals surface area contributed by atoms with Crippen LogP contribution in [0.4, 0.5) is 0 Å². The number of hydrogen-bond acceptors (Lipinski definition) is 7. The highest BCUT2D eigenvalue weighted by Crippen LogP contribution is 2.29. The van der Waals surface area contributed by atoms with E-state index < -0.39 is 6.10 Å². The lowest BCUT2D eigenvalue weighted by atomic mass is 10.2. The number of amides is 2. The molecule has 9 heteroatoms. The van der Waals surface area contributed by atoms with Gasteiger partial charge in [0.05, 0.1) is 19.2 Å². The van der Waals surface area contributed by atoms with E-state index in [1.807, 2.05) is 19.2 Å². The molecule has 1 N–H and O–H groups in total. The van der Waals surface area contributed by atoms with Crippen molar-refractivity contribution in [2.75, 3.05) is 20.7 Å². The Kier molecular flexibility index (Phi) is 8.14. The molecule has 0 saturated carbocycles. The van der Waals surface area contributed by atoms with E-state index in [-0.39, 0.29) is 18.2 Å². The van der Waals surface area contributed by atoms with Gasteiger partial charge in [-0.15, -0.1) is 11.3 Å². The van der Waals surface area contributed by atoms with Crippen molar-refractivity contribution in [2.45, 2.75) is 33.3 Å². The molecule has 0 spiro atoms. The van der Waals surface area contributed by atoms with E-state index in [0.29, 0.717) is 18.1 Å². The lowest BCUT2D eigenvalue weighted by Crippen LogP contribution is -2.35. The molecule has 156 valence electrons. The number of aryl methyl sites for hydroxylation is 1. The fourth-order valence-corrected chi connectivity index (χ4v) is 3.19. The molecule has 8 nitrogen and oxygen atoms in total. The zero-order chi connectivity index (χ0) is 21.4. The number of nitrogens with one attached hydrogen (secondary N) is 1. The third kappa shape index (κ3) is 6.86. The molecule has 1 atom stereocenters. The summed E-state index contributed by atoms with van der Waals surface area (Å²) in [6.45, 7) is 5.87. The molecule has 0 fully saturated rings. The summed E-state index contributed by atoms with van der Waals surface area (Å²) in [7, 11) is 3.35. The van der Waals surface area contributed by atoms with Crippen LogP contribution >= 0.6 is 11.3 Å². The molecule has 1 heterocycles. The third-order valence-corrected chi connectivity index (χ3v) is 4.71. The second-order valence-corrected chi connectivity index (χ2v) is 7.43. The van der Waals surface area contributed by atoms with Gasteiger partial charge in [-0.25, -0.2) is 10.4 Å². The number of ether oxygens (including phenoxy) is 2. The largest absolute Gasteiger partial charge is 0.490 e. The minimum Gasteiger partial charge on any atom is -0.490 e. The maximum Gasteiger partial charge on any atom is 0.262 e. The number of thiazole rings is 1. The lowest BCUT2D eigenvalue weighted by molar-refractivity contribution is -0.135. The van der Waals surface area contributed by atoms with E-state index in [0.717, 1.165) is 16.3 Å². The zero-order valence-electron chi connectivity index (χ0n) is 17.3. The molecule has 1 aromatic carbocycles. The Morgan fingerprint density at radius 2 is 2.10 bits per heavy atom. The minimum atomic E-state index is -0.641. The number of benzene rings is 1. The summed E-state index contributed by atoms with van der Waals surface area (Å²) in [4.78, 5) is 29.7. The van der Waals surface area contributed by atoms with Gasteiger partial charge in [-0.1, -0.05) is 0 Å². The second-order valence-electron chi connectivity index (χ2n) is 6.48. The average Bonchev–Trinajstić information content (AvgIpc) is 3.07. The number of hydrogen-bond donors (Lipinski definition) is 1. The van der Waals surface area contributed by atoms with Gasteiger partial charge in [0.2, 0.25) is 5.91 Å². The summed E-state index contributed by atoms with van der Waals surface area (Å²) in [5.74, 6) is 0.585. The van der Waals surface area contributed by atoms with Crippen LogP contribution in [0.25, 0.3) is 0 Å².